The minimum Gasteiger partial charge on any atom is -0.361 e. The summed E-state index contributed by atoms with van der Waals surface area (Å²) >= 11 is 5.95. The lowest BCUT2D eigenvalue weighted by atomic mass is 9.97. The second kappa shape index (κ2) is 10.3. The molecule has 0 unspecified atom stereocenters. The number of hydrogen-bond donors (Lipinski definition) is 1. The molecular formula is C26H30ClFN4O2S. The van der Waals surface area contributed by atoms with Gasteiger partial charge in [-0.1, -0.05) is 55.5 Å². The SMILES string of the molecule is O=S(=O)(c1ccc(F)c(Cl)c1)N1Cc2ccccc2N(Cc2cnc[nH]2)[C@@H](CCC2CCCC2)C1. The molecule has 186 valence electrons. The molecule has 0 bridgehead atoms. The van der Waals surface area contributed by atoms with E-state index in [0.717, 1.165) is 35.9 Å². The van der Waals surface area contributed by atoms with Gasteiger partial charge in [-0.25, -0.2) is 17.8 Å². The largest absolute Gasteiger partial charge is 0.361 e. The van der Waals surface area contributed by atoms with Crippen LogP contribution >= 0.6 is 11.6 Å². The van der Waals surface area contributed by atoms with Crippen molar-refractivity contribution in [2.75, 3.05) is 11.4 Å². The Morgan fingerprint density at radius 3 is 2.66 bits per heavy atom. The summed E-state index contributed by atoms with van der Waals surface area (Å²) in [6, 6.07) is 11.6. The fraction of sp³-hybridized carbons (Fsp3) is 0.423. The smallest absolute Gasteiger partial charge is 0.243 e. The van der Waals surface area contributed by atoms with E-state index in [1.807, 2.05) is 24.4 Å². The lowest BCUT2D eigenvalue weighted by Gasteiger charge is -2.34. The van der Waals surface area contributed by atoms with Gasteiger partial charge in [0.2, 0.25) is 10.0 Å². The van der Waals surface area contributed by atoms with E-state index in [9.17, 15) is 12.8 Å². The first kappa shape index (κ1) is 24.3. The van der Waals surface area contributed by atoms with Gasteiger partial charge in [0.25, 0.3) is 0 Å². The van der Waals surface area contributed by atoms with E-state index in [1.165, 1.54) is 42.1 Å². The number of imidazole rings is 1. The number of fused-ring (bicyclic) bond motifs is 1. The van der Waals surface area contributed by atoms with Crippen LogP contribution in [0.25, 0.3) is 0 Å². The van der Waals surface area contributed by atoms with Gasteiger partial charge in [0.05, 0.1) is 28.5 Å². The number of aromatic amines is 1. The second-order valence-electron chi connectivity index (χ2n) is 9.59. The van der Waals surface area contributed by atoms with E-state index in [4.69, 9.17) is 11.6 Å². The maximum atomic E-state index is 13.8. The molecule has 1 saturated carbocycles. The highest BCUT2D eigenvalue weighted by Gasteiger charge is 2.35. The standard InChI is InChI=1S/C26H30ClFN4O2S/c27-24-13-23(11-12-25(24)28)35(33,34)31-15-20-7-3-4-8-26(20)32(16-21-14-29-18-30-21)22(17-31)10-9-19-5-1-2-6-19/h3-4,7-8,11-14,18-19,22H,1-2,5-6,9-10,15-17H2,(H,29,30)/t22-/m0/s1. The minimum absolute atomic E-state index is 0.0120. The summed E-state index contributed by atoms with van der Waals surface area (Å²) in [5.74, 6) is 0.0652. The molecule has 35 heavy (non-hydrogen) atoms. The van der Waals surface area contributed by atoms with Crippen LogP contribution in [0.1, 0.15) is 49.8 Å². The molecule has 0 saturated heterocycles. The van der Waals surface area contributed by atoms with Crippen molar-refractivity contribution in [3.63, 3.8) is 0 Å². The van der Waals surface area contributed by atoms with Crippen LogP contribution in [-0.2, 0) is 23.1 Å². The Balaban J connectivity index is 1.52. The highest BCUT2D eigenvalue weighted by Crippen LogP contribution is 2.36. The maximum absolute atomic E-state index is 13.8. The molecule has 5 rings (SSSR count). The van der Waals surface area contributed by atoms with E-state index in [-0.39, 0.29) is 22.5 Å². The van der Waals surface area contributed by atoms with Gasteiger partial charge >= 0.3 is 0 Å². The highest BCUT2D eigenvalue weighted by atomic mass is 35.5. The zero-order chi connectivity index (χ0) is 24.4. The van der Waals surface area contributed by atoms with Gasteiger partial charge in [-0.15, -0.1) is 0 Å². The van der Waals surface area contributed by atoms with E-state index in [1.54, 1.807) is 6.33 Å². The molecule has 1 fully saturated rings. The number of benzene rings is 2. The van der Waals surface area contributed by atoms with E-state index in [0.29, 0.717) is 19.0 Å². The molecule has 1 N–H and O–H groups in total. The third-order valence-corrected chi connectivity index (χ3v) is 9.41. The Kier molecular flexibility index (Phi) is 7.14. The van der Waals surface area contributed by atoms with Crippen molar-refractivity contribution in [2.45, 2.75) is 62.6 Å². The molecule has 1 aliphatic carbocycles. The van der Waals surface area contributed by atoms with Crippen LogP contribution in [0.2, 0.25) is 5.02 Å². The van der Waals surface area contributed by atoms with Crippen LogP contribution in [0.3, 0.4) is 0 Å². The number of nitrogens with one attached hydrogen (secondary N) is 1. The number of para-hydroxylation sites is 1. The fourth-order valence-electron chi connectivity index (χ4n) is 5.42. The Morgan fingerprint density at radius 1 is 1.11 bits per heavy atom. The maximum Gasteiger partial charge on any atom is 0.243 e. The average molecular weight is 517 g/mol. The number of hydrogen-bond acceptors (Lipinski definition) is 4. The summed E-state index contributed by atoms with van der Waals surface area (Å²) in [5, 5.41) is -0.194. The summed E-state index contributed by atoms with van der Waals surface area (Å²) in [4.78, 5) is 9.71. The first-order chi connectivity index (χ1) is 16.9. The van der Waals surface area contributed by atoms with Crippen molar-refractivity contribution in [3.8, 4) is 0 Å². The average Bonchev–Trinajstić information content (AvgIpc) is 3.53. The van der Waals surface area contributed by atoms with Crippen LogP contribution in [0, 0.1) is 11.7 Å². The van der Waals surface area contributed by atoms with Crippen LogP contribution in [0.5, 0.6) is 0 Å². The van der Waals surface area contributed by atoms with Gasteiger partial charge in [0.1, 0.15) is 5.82 Å². The summed E-state index contributed by atoms with van der Waals surface area (Å²) in [6.07, 6.45) is 10.5. The molecule has 6 nitrogen and oxygen atoms in total. The van der Waals surface area contributed by atoms with Crippen LogP contribution < -0.4 is 4.90 Å². The summed E-state index contributed by atoms with van der Waals surface area (Å²) < 4.78 is 42.8. The zero-order valence-corrected chi connectivity index (χ0v) is 21.1. The number of nitrogens with zero attached hydrogens (tertiary/aromatic N) is 3. The lowest BCUT2D eigenvalue weighted by molar-refractivity contribution is 0.350. The first-order valence-electron chi connectivity index (χ1n) is 12.2. The quantitative estimate of drug-likeness (QED) is 0.434. The van der Waals surface area contributed by atoms with Gasteiger partial charge in [-0.2, -0.15) is 4.31 Å². The molecule has 1 aromatic heterocycles. The topological polar surface area (TPSA) is 69.3 Å². The van der Waals surface area contributed by atoms with E-state index < -0.39 is 15.8 Å². The van der Waals surface area contributed by atoms with Gasteiger partial charge in [0.15, 0.2) is 0 Å². The Hall–Kier alpha value is -2.42. The van der Waals surface area contributed by atoms with Crippen molar-refractivity contribution in [1.29, 1.82) is 0 Å². The second-order valence-corrected chi connectivity index (χ2v) is 11.9. The summed E-state index contributed by atoms with van der Waals surface area (Å²) in [5.41, 5.74) is 2.95. The number of aromatic nitrogens is 2. The van der Waals surface area contributed by atoms with Crippen LogP contribution in [0.4, 0.5) is 10.1 Å². The van der Waals surface area contributed by atoms with E-state index in [2.05, 4.69) is 20.9 Å². The molecule has 1 aliphatic heterocycles. The number of anilines is 1. The third kappa shape index (κ3) is 5.25. The predicted octanol–water partition coefficient (Wildman–Crippen LogP) is 5.75. The number of sulfonamides is 1. The molecule has 3 aromatic rings. The number of rotatable bonds is 7. The molecule has 2 heterocycles. The normalized spacial score (nSPS) is 19.6. The molecule has 2 aromatic carbocycles. The molecule has 0 spiro atoms. The highest BCUT2D eigenvalue weighted by molar-refractivity contribution is 7.89. The Labute approximate surface area is 211 Å². The van der Waals surface area contributed by atoms with Crippen molar-refractivity contribution < 1.29 is 12.8 Å². The van der Waals surface area contributed by atoms with Crippen molar-refractivity contribution in [2.24, 2.45) is 5.92 Å². The van der Waals surface area contributed by atoms with Crippen molar-refractivity contribution in [1.82, 2.24) is 14.3 Å². The van der Waals surface area contributed by atoms with Crippen LogP contribution in [-0.4, -0.2) is 35.3 Å². The molecule has 9 heteroatoms. The molecule has 0 radical (unpaired) electrons. The Bertz CT molecular complexity index is 1260. The summed E-state index contributed by atoms with van der Waals surface area (Å²) in [6.45, 7) is 1.20. The molecule has 0 amide bonds. The first-order valence-corrected chi connectivity index (χ1v) is 14.0. The van der Waals surface area contributed by atoms with Gasteiger partial charge in [-0.3, -0.25) is 0 Å². The van der Waals surface area contributed by atoms with Crippen molar-refractivity contribution >= 4 is 27.3 Å². The monoisotopic (exact) mass is 516 g/mol. The third-order valence-electron chi connectivity index (χ3n) is 7.31. The fourth-order valence-corrected chi connectivity index (χ4v) is 7.15. The minimum atomic E-state index is -3.89. The number of H-pyrrole nitrogens is 1. The van der Waals surface area contributed by atoms with Gasteiger partial charge < -0.3 is 9.88 Å². The molecule has 1 atom stereocenters. The Morgan fingerprint density at radius 2 is 1.91 bits per heavy atom. The lowest BCUT2D eigenvalue weighted by Crippen LogP contribution is -2.43. The predicted molar refractivity (Wildman–Crippen MR) is 135 cm³/mol. The molecule has 2 aliphatic rings. The molecular weight excluding hydrogens is 487 g/mol. The summed E-state index contributed by atoms with van der Waals surface area (Å²) in [7, 11) is -3.89. The number of halogens is 2. The zero-order valence-electron chi connectivity index (χ0n) is 19.5. The van der Waals surface area contributed by atoms with E-state index >= 15 is 0 Å². The van der Waals surface area contributed by atoms with Crippen molar-refractivity contribution in [3.05, 3.63) is 77.1 Å². The van der Waals surface area contributed by atoms with Gasteiger partial charge in [0, 0.05) is 31.0 Å². The van der Waals surface area contributed by atoms with Gasteiger partial charge in [-0.05, 0) is 48.6 Å². The van der Waals surface area contributed by atoms with Crippen LogP contribution in [0.15, 0.2) is 59.9 Å².